The van der Waals surface area contributed by atoms with Gasteiger partial charge in [-0.25, -0.2) is 4.98 Å². The van der Waals surface area contributed by atoms with E-state index >= 15 is 0 Å². The third-order valence-corrected chi connectivity index (χ3v) is 6.46. The number of morpholine rings is 1. The maximum atomic E-state index is 12.1. The van der Waals surface area contributed by atoms with Crippen LogP contribution in [-0.4, -0.2) is 40.5 Å². The van der Waals surface area contributed by atoms with E-state index < -0.39 is 5.91 Å². The number of ether oxygens (including phenoxy) is 1. The van der Waals surface area contributed by atoms with Crippen LogP contribution in [0.1, 0.15) is 26.9 Å². The van der Waals surface area contributed by atoms with Crippen LogP contribution in [-0.2, 0) is 11.3 Å². The van der Waals surface area contributed by atoms with Gasteiger partial charge in [-0.1, -0.05) is 30.3 Å². The molecule has 5 rings (SSSR count). The summed E-state index contributed by atoms with van der Waals surface area (Å²) >= 11 is 1.34. The van der Waals surface area contributed by atoms with Crippen LogP contribution in [0.25, 0.3) is 21.1 Å². The molecule has 7 heteroatoms. The van der Waals surface area contributed by atoms with Crippen molar-refractivity contribution in [1.82, 2.24) is 14.9 Å². The Kier molecular flexibility index (Phi) is 4.71. The molecule has 2 N–H and O–H groups in total. The van der Waals surface area contributed by atoms with Crippen molar-refractivity contribution in [2.24, 2.45) is 5.73 Å². The van der Waals surface area contributed by atoms with Gasteiger partial charge in [0, 0.05) is 48.4 Å². The number of pyridine rings is 2. The predicted octanol–water partition coefficient (Wildman–Crippen LogP) is 3.52. The molecule has 1 aromatic carbocycles. The highest BCUT2D eigenvalue weighted by Crippen LogP contribution is 2.37. The molecule has 0 bridgehead atoms. The third kappa shape index (κ3) is 3.37. The fourth-order valence-electron chi connectivity index (χ4n) is 4.01. The van der Waals surface area contributed by atoms with Gasteiger partial charge in [0.25, 0.3) is 5.91 Å². The molecule has 1 aliphatic heterocycles. The number of benzene rings is 1. The lowest BCUT2D eigenvalue weighted by Gasteiger charge is -2.33. The van der Waals surface area contributed by atoms with Crippen LogP contribution in [0, 0.1) is 0 Å². The minimum atomic E-state index is -0.429. The molecule has 0 radical (unpaired) electrons. The maximum Gasteiger partial charge on any atom is 0.259 e. The monoisotopic (exact) mass is 404 g/mol. The van der Waals surface area contributed by atoms with Crippen LogP contribution < -0.4 is 5.73 Å². The molecule has 4 heterocycles. The van der Waals surface area contributed by atoms with Crippen LogP contribution in [0.4, 0.5) is 0 Å². The number of rotatable bonds is 4. The van der Waals surface area contributed by atoms with Crippen molar-refractivity contribution in [2.45, 2.75) is 12.6 Å². The fraction of sp³-hybridized carbons (Fsp3) is 0.227. The van der Waals surface area contributed by atoms with Gasteiger partial charge in [0.15, 0.2) is 0 Å². The quantitative estimate of drug-likeness (QED) is 0.563. The molecular formula is C22H20N4O2S. The molecule has 29 heavy (non-hydrogen) atoms. The Morgan fingerprint density at radius 1 is 1.17 bits per heavy atom. The van der Waals surface area contributed by atoms with Crippen molar-refractivity contribution in [1.29, 1.82) is 0 Å². The highest BCUT2D eigenvalue weighted by atomic mass is 32.1. The average molecular weight is 404 g/mol. The van der Waals surface area contributed by atoms with E-state index in [1.807, 2.05) is 24.4 Å². The van der Waals surface area contributed by atoms with Crippen molar-refractivity contribution in [3.63, 3.8) is 0 Å². The average Bonchev–Trinajstić information content (AvgIpc) is 3.14. The maximum absolute atomic E-state index is 12.1. The number of hydrogen-bond donors (Lipinski definition) is 1. The first kappa shape index (κ1) is 18.2. The zero-order valence-electron chi connectivity index (χ0n) is 15.7. The normalized spacial score (nSPS) is 17.7. The Bertz CT molecular complexity index is 1200. The summed E-state index contributed by atoms with van der Waals surface area (Å²) in [6.07, 6.45) is 3.35. The summed E-state index contributed by atoms with van der Waals surface area (Å²) in [5.41, 5.74) is 8.76. The van der Waals surface area contributed by atoms with Crippen LogP contribution in [0.5, 0.6) is 0 Å². The number of nitrogens with zero attached hydrogens (tertiary/aromatic N) is 3. The molecule has 1 saturated heterocycles. The zero-order valence-corrected chi connectivity index (χ0v) is 16.6. The Morgan fingerprint density at radius 3 is 2.90 bits per heavy atom. The number of amides is 1. The second-order valence-corrected chi connectivity index (χ2v) is 8.15. The fourth-order valence-corrected chi connectivity index (χ4v) is 5.06. The Labute approximate surface area is 171 Å². The van der Waals surface area contributed by atoms with Gasteiger partial charge >= 0.3 is 0 Å². The van der Waals surface area contributed by atoms with Gasteiger partial charge in [-0.2, -0.15) is 0 Å². The number of aromatic nitrogens is 2. The lowest BCUT2D eigenvalue weighted by Crippen LogP contribution is -2.38. The predicted molar refractivity (Wildman–Crippen MR) is 114 cm³/mol. The van der Waals surface area contributed by atoms with Crippen molar-refractivity contribution in [3.8, 4) is 0 Å². The Morgan fingerprint density at radius 2 is 2.00 bits per heavy atom. The van der Waals surface area contributed by atoms with Gasteiger partial charge in [-0.15, -0.1) is 11.3 Å². The molecule has 1 amide bonds. The summed E-state index contributed by atoms with van der Waals surface area (Å²) < 4.78 is 6.09. The summed E-state index contributed by atoms with van der Waals surface area (Å²) in [6.45, 7) is 2.88. The van der Waals surface area contributed by atoms with Gasteiger partial charge in [0.1, 0.15) is 9.71 Å². The van der Waals surface area contributed by atoms with Gasteiger partial charge in [0.2, 0.25) is 0 Å². The van der Waals surface area contributed by atoms with Crippen molar-refractivity contribution < 1.29 is 9.53 Å². The molecule has 0 aliphatic carbocycles. The number of nitrogens with two attached hydrogens (primary N) is 1. The van der Waals surface area contributed by atoms with E-state index in [0.29, 0.717) is 18.0 Å². The van der Waals surface area contributed by atoms with Crippen molar-refractivity contribution in [2.75, 3.05) is 19.7 Å². The number of hydrogen-bond acceptors (Lipinski definition) is 6. The first-order valence-corrected chi connectivity index (χ1v) is 10.4. The summed E-state index contributed by atoms with van der Waals surface area (Å²) in [5, 5.41) is 2.09. The SMILES string of the molecule is NC(=O)c1sc2ncccc2c1[C@H]1CN(Cc2cccc3cccnc23)CCO1. The zero-order chi connectivity index (χ0) is 19.8. The first-order valence-electron chi connectivity index (χ1n) is 9.54. The van der Waals surface area contributed by atoms with Gasteiger partial charge < -0.3 is 10.5 Å². The van der Waals surface area contributed by atoms with E-state index in [1.54, 1.807) is 6.20 Å². The minimum absolute atomic E-state index is 0.216. The second kappa shape index (κ2) is 7.51. The summed E-state index contributed by atoms with van der Waals surface area (Å²) in [6, 6.07) is 14.2. The summed E-state index contributed by atoms with van der Waals surface area (Å²) in [5.74, 6) is -0.429. The van der Waals surface area contributed by atoms with E-state index in [-0.39, 0.29) is 6.10 Å². The third-order valence-electron chi connectivity index (χ3n) is 5.31. The molecule has 6 nitrogen and oxygen atoms in total. The highest BCUT2D eigenvalue weighted by molar-refractivity contribution is 7.20. The largest absolute Gasteiger partial charge is 0.371 e. The van der Waals surface area contributed by atoms with E-state index in [1.165, 1.54) is 16.9 Å². The molecule has 4 aromatic rings. The molecule has 0 unspecified atom stereocenters. The summed E-state index contributed by atoms with van der Waals surface area (Å²) in [7, 11) is 0. The smallest absolute Gasteiger partial charge is 0.259 e. The van der Waals surface area contributed by atoms with Crippen LogP contribution in [0.2, 0.25) is 0 Å². The number of fused-ring (bicyclic) bond motifs is 2. The van der Waals surface area contributed by atoms with Crippen LogP contribution in [0.3, 0.4) is 0 Å². The molecule has 3 aromatic heterocycles. The number of carbonyl (C=O) groups is 1. The Balaban J connectivity index is 1.46. The van der Waals surface area contributed by atoms with Crippen LogP contribution >= 0.6 is 11.3 Å². The van der Waals surface area contributed by atoms with Crippen LogP contribution in [0.15, 0.2) is 54.9 Å². The molecular weight excluding hydrogens is 384 g/mol. The minimum Gasteiger partial charge on any atom is -0.371 e. The second-order valence-electron chi connectivity index (χ2n) is 7.15. The lowest BCUT2D eigenvalue weighted by atomic mass is 10.0. The number of carbonyl (C=O) groups excluding carboxylic acids is 1. The number of thiophene rings is 1. The molecule has 1 aliphatic rings. The van der Waals surface area contributed by atoms with Gasteiger partial charge in [-0.05, 0) is 17.7 Å². The van der Waals surface area contributed by atoms with E-state index in [0.717, 1.165) is 39.8 Å². The molecule has 1 atom stereocenters. The highest BCUT2D eigenvalue weighted by Gasteiger charge is 2.29. The molecule has 1 fully saturated rings. The first-order chi connectivity index (χ1) is 14.2. The topological polar surface area (TPSA) is 81.3 Å². The number of primary amides is 1. The number of para-hydroxylation sites is 1. The summed E-state index contributed by atoms with van der Waals surface area (Å²) in [4.78, 5) is 24.7. The van der Waals surface area contributed by atoms with Crippen molar-refractivity contribution in [3.05, 3.63) is 70.9 Å². The van der Waals surface area contributed by atoms with E-state index in [9.17, 15) is 4.79 Å². The standard InChI is InChI=1S/C22H20N4O2S/c23-21(27)20-18(16-7-3-9-25-22(16)29-20)17-13-26(10-11-28-17)12-15-5-1-4-14-6-2-8-24-19(14)15/h1-9,17H,10-13H2,(H2,23,27)/t17-/m1/s1. The van der Waals surface area contributed by atoms with Gasteiger partial charge in [0.05, 0.1) is 18.2 Å². The van der Waals surface area contributed by atoms with Gasteiger partial charge in [-0.3, -0.25) is 14.7 Å². The lowest BCUT2D eigenvalue weighted by molar-refractivity contribution is -0.0321. The van der Waals surface area contributed by atoms with E-state index in [4.69, 9.17) is 10.5 Å². The Hall–Kier alpha value is -2.87. The van der Waals surface area contributed by atoms with E-state index in [2.05, 4.69) is 39.1 Å². The molecule has 146 valence electrons. The van der Waals surface area contributed by atoms with Crippen molar-refractivity contribution >= 4 is 38.4 Å². The molecule has 0 spiro atoms. The molecule has 0 saturated carbocycles.